The summed E-state index contributed by atoms with van der Waals surface area (Å²) < 4.78 is 11.5. The monoisotopic (exact) mass is 478 g/mol. The maximum Gasteiger partial charge on any atom is 0.303 e. The second-order valence-corrected chi connectivity index (χ2v) is 11.4. The Balaban J connectivity index is 1.89. The number of allylic oxidation sites excluding steroid dienone is 1. The van der Waals surface area contributed by atoms with Crippen LogP contribution in [0.3, 0.4) is 0 Å². The maximum atomic E-state index is 14.2. The molecule has 3 aliphatic carbocycles. The van der Waals surface area contributed by atoms with Crippen LogP contribution >= 0.6 is 0 Å². The van der Waals surface area contributed by atoms with E-state index in [0.717, 1.165) is 24.0 Å². The van der Waals surface area contributed by atoms with E-state index in [9.17, 15) is 14.4 Å². The van der Waals surface area contributed by atoms with Gasteiger partial charge in [-0.05, 0) is 72.0 Å². The Morgan fingerprint density at radius 3 is 2.34 bits per heavy atom. The molecule has 0 bridgehead atoms. The van der Waals surface area contributed by atoms with Crippen molar-refractivity contribution in [1.29, 1.82) is 0 Å². The van der Waals surface area contributed by atoms with Gasteiger partial charge in [-0.15, -0.1) is 0 Å². The molecule has 6 atom stereocenters. The number of rotatable bonds is 4. The van der Waals surface area contributed by atoms with Crippen LogP contribution in [0.15, 0.2) is 53.6 Å². The molecule has 0 aliphatic heterocycles. The standard InChI is InChI=1S/C30H38O5/c1-18-14-25-24(29(25,5)6)13-12-22(17-34-20(3)31)15-26-27(23-10-8-7-9-11-23)19(2)16-30(26,28(18)33)35-21(4)32/h7-11,14-15,19,24-27H,12-13,16-17H2,1-6H3. The zero-order valence-electron chi connectivity index (χ0n) is 21.8. The fraction of sp³-hybridized carbons (Fsp3) is 0.567. The number of carbonyl (C=O) groups is 3. The van der Waals surface area contributed by atoms with Gasteiger partial charge < -0.3 is 9.47 Å². The van der Waals surface area contributed by atoms with E-state index in [-0.39, 0.29) is 41.5 Å². The lowest BCUT2D eigenvalue weighted by atomic mass is 9.76. The minimum atomic E-state index is -1.29. The summed E-state index contributed by atoms with van der Waals surface area (Å²) in [5.74, 6) is -0.379. The summed E-state index contributed by atoms with van der Waals surface area (Å²) in [5, 5.41) is 0. The van der Waals surface area contributed by atoms with Crippen molar-refractivity contribution in [2.24, 2.45) is 29.1 Å². The number of esters is 2. The minimum absolute atomic E-state index is 0.00800. The van der Waals surface area contributed by atoms with Crippen LogP contribution in [0.25, 0.3) is 0 Å². The van der Waals surface area contributed by atoms with Gasteiger partial charge in [0.15, 0.2) is 5.60 Å². The van der Waals surface area contributed by atoms with Crippen LogP contribution in [0.1, 0.15) is 72.3 Å². The third-order valence-corrected chi connectivity index (χ3v) is 8.64. The molecule has 35 heavy (non-hydrogen) atoms. The molecule has 3 aliphatic rings. The quantitative estimate of drug-likeness (QED) is 0.404. The number of hydrogen-bond acceptors (Lipinski definition) is 5. The highest BCUT2D eigenvalue weighted by atomic mass is 16.6. The van der Waals surface area contributed by atoms with Crippen molar-refractivity contribution in [2.45, 2.75) is 72.3 Å². The molecule has 4 rings (SSSR count). The second-order valence-electron chi connectivity index (χ2n) is 11.4. The molecular formula is C30H38O5. The molecule has 2 saturated carbocycles. The third-order valence-electron chi connectivity index (χ3n) is 8.64. The number of Topliss-reactive ketones (excluding diaryl/α,β-unsaturated/α-hetero) is 1. The molecule has 5 nitrogen and oxygen atoms in total. The second kappa shape index (κ2) is 9.40. The van der Waals surface area contributed by atoms with Crippen molar-refractivity contribution in [3.63, 3.8) is 0 Å². The summed E-state index contributed by atoms with van der Waals surface area (Å²) in [5.41, 5.74) is 1.61. The third kappa shape index (κ3) is 4.74. The number of carbonyl (C=O) groups excluding carboxylic acids is 3. The Morgan fingerprint density at radius 2 is 1.71 bits per heavy atom. The lowest BCUT2D eigenvalue weighted by Gasteiger charge is -2.35. The number of hydrogen-bond donors (Lipinski definition) is 0. The predicted octanol–water partition coefficient (Wildman–Crippen LogP) is 5.80. The van der Waals surface area contributed by atoms with Gasteiger partial charge in [0.1, 0.15) is 6.61 Å². The smallest absolute Gasteiger partial charge is 0.303 e. The lowest BCUT2D eigenvalue weighted by Crippen LogP contribution is -2.47. The van der Waals surface area contributed by atoms with Gasteiger partial charge >= 0.3 is 11.9 Å². The molecule has 0 aromatic heterocycles. The number of ether oxygens (including phenoxy) is 2. The SMILES string of the molecule is CC(=O)OCC1=CC2C(c3ccccc3)C(C)CC2(OC(C)=O)C(=O)C(C)=CC2C(CC1)C2(C)C. The average molecular weight is 479 g/mol. The Kier molecular flexibility index (Phi) is 6.82. The zero-order chi connectivity index (χ0) is 25.5. The fourth-order valence-corrected chi connectivity index (χ4v) is 6.83. The molecule has 0 heterocycles. The normalized spacial score (nSPS) is 33.9. The number of fused-ring (bicyclic) bond motifs is 2. The van der Waals surface area contributed by atoms with Crippen molar-refractivity contribution in [1.82, 2.24) is 0 Å². The van der Waals surface area contributed by atoms with Gasteiger partial charge in [0.2, 0.25) is 5.78 Å². The van der Waals surface area contributed by atoms with E-state index >= 15 is 0 Å². The minimum Gasteiger partial charge on any atom is -0.461 e. The Morgan fingerprint density at radius 1 is 1.03 bits per heavy atom. The summed E-state index contributed by atoms with van der Waals surface area (Å²) in [4.78, 5) is 38.4. The average Bonchev–Trinajstić information content (AvgIpc) is 3.17. The highest BCUT2D eigenvalue weighted by Gasteiger charge is 2.60. The first kappa shape index (κ1) is 25.4. The highest BCUT2D eigenvalue weighted by molar-refractivity contribution is 6.03. The summed E-state index contributed by atoms with van der Waals surface area (Å²) in [7, 11) is 0. The molecule has 1 aromatic carbocycles. The van der Waals surface area contributed by atoms with Crippen LogP contribution in [0.5, 0.6) is 0 Å². The Labute approximate surface area is 209 Å². The lowest BCUT2D eigenvalue weighted by molar-refractivity contribution is -0.167. The van der Waals surface area contributed by atoms with Crippen LogP contribution in [0, 0.1) is 29.1 Å². The molecule has 2 fully saturated rings. The largest absolute Gasteiger partial charge is 0.461 e. The molecule has 0 saturated heterocycles. The van der Waals surface area contributed by atoms with E-state index in [1.165, 1.54) is 13.8 Å². The fourth-order valence-electron chi connectivity index (χ4n) is 6.83. The van der Waals surface area contributed by atoms with Crippen molar-refractivity contribution in [2.75, 3.05) is 6.61 Å². The zero-order valence-corrected chi connectivity index (χ0v) is 21.8. The van der Waals surface area contributed by atoms with Gasteiger partial charge in [-0.2, -0.15) is 0 Å². The van der Waals surface area contributed by atoms with E-state index in [0.29, 0.717) is 23.8 Å². The van der Waals surface area contributed by atoms with Crippen LogP contribution in [0.2, 0.25) is 0 Å². The summed E-state index contributed by atoms with van der Waals surface area (Å²) in [6.07, 6.45) is 6.42. The number of ketones is 1. The first-order valence-corrected chi connectivity index (χ1v) is 12.8. The summed E-state index contributed by atoms with van der Waals surface area (Å²) in [6, 6.07) is 10.2. The first-order chi connectivity index (χ1) is 16.5. The molecule has 0 spiro atoms. The number of benzene rings is 1. The summed E-state index contributed by atoms with van der Waals surface area (Å²) in [6.45, 7) is 11.5. The van der Waals surface area contributed by atoms with Gasteiger partial charge in [0, 0.05) is 19.8 Å². The summed E-state index contributed by atoms with van der Waals surface area (Å²) >= 11 is 0. The molecule has 1 aromatic rings. The van der Waals surface area contributed by atoms with Crippen molar-refractivity contribution in [3.05, 3.63) is 59.2 Å². The van der Waals surface area contributed by atoms with Crippen molar-refractivity contribution in [3.8, 4) is 0 Å². The van der Waals surface area contributed by atoms with E-state index in [1.54, 1.807) is 0 Å². The van der Waals surface area contributed by atoms with Gasteiger partial charge in [-0.1, -0.05) is 63.3 Å². The Hall–Kier alpha value is -2.69. The van der Waals surface area contributed by atoms with E-state index in [2.05, 4.69) is 45.1 Å². The van der Waals surface area contributed by atoms with E-state index < -0.39 is 11.6 Å². The molecule has 0 radical (unpaired) electrons. The van der Waals surface area contributed by atoms with Crippen LogP contribution in [0.4, 0.5) is 0 Å². The molecule has 0 N–H and O–H groups in total. The van der Waals surface area contributed by atoms with E-state index in [4.69, 9.17) is 9.47 Å². The van der Waals surface area contributed by atoms with Gasteiger partial charge in [0.25, 0.3) is 0 Å². The van der Waals surface area contributed by atoms with Crippen LogP contribution in [-0.2, 0) is 23.9 Å². The van der Waals surface area contributed by atoms with Gasteiger partial charge in [0.05, 0.1) is 0 Å². The van der Waals surface area contributed by atoms with Gasteiger partial charge in [-0.25, -0.2) is 0 Å². The maximum absolute atomic E-state index is 14.2. The van der Waals surface area contributed by atoms with Crippen molar-refractivity contribution < 1.29 is 23.9 Å². The molecular weight excluding hydrogens is 440 g/mol. The first-order valence-electron chi connectivity index (χ1n) is 12.8. The molecule has 5 heteroatoms. The predicted molar refractivity (Wildman–Crippen MR) is 134 cm³/mol. The molecule has 188 valence electrons. The Bertz CT molecular complexity index is 1070. The molecule has 0 amide bonds. The van der Waals surface area contributed by atoms with Gasteiger partial charge in [-0.3, -0.25) is 14.4 Å². The van der Waals surface area contributed by atoms with E-state index in [1.807, 2.05) is 25.1 Å². The van der Waals surface area contributed by atoms with Crippen LogP contribution < -0.4 is 0 Å². The van der Waals surface area contributed by atoms with Crippen LogP contribution in [-0.4, -0.2) is 29.9 Å². The highest BCUT2D eigenvalue weighted by Crippen LogP contribution is 2.62. The topological polar surface area (TPSA) is 69.7 Å². The molecule has 6 unspecified atom stereocenters. The van der Waals surface area contributed by atoms with Crippen molar-refractivity contribution >= 4 is 17.7 Å².